The van der Waals surface area contributed by atoms with E-state index in [1.165, 1.54) is 0 Å². The Morgan fingerprint density at radius 2 is 2.00 bits per heavy atom. The van der Waals surface area contributed by atoms with Gasteiger partial charge in [-0.15, -0.1) is 0 Å². The standard InChI is InChI=1S/C11H20N2O3/c1-15-2-3-16-8-11(14)13-6-9-4-12-5-10(9)7-13/h9-10,12H,2-8H2,1H3/t9-,10+. The first-order chi connectivity index (χ1) is 7.81. The van der Waals surface area contributed by atoms with Gasteiger partial charge in [-0.2, -0.15) is 0 Å². The van der Waals surface area contributed by atoms with Crippen LogP contribution in [0.15, 0.2) is 0 Å². The summed E-state index contributed by atoms with van der Waals surface area (Å²) in [6, 6.07) is 0. The molecule has 0 aromatic heterocycles. The molecule has 2 fully saturated rings. The summed E-state index contributed by atoms with van der Waals surface area (Å²) in [5.41, 5.74) is 0. The number of nitrogens with zero attached hydrogens (tertiary/aromatic N) is 1. The van der Waals surface area contributed by atoms with Crippen LogP contribution in [-0.2, 0) is 14.3 Å². The van der Waals surface area contributed by atoms with Crippen LogP contribution in [0.3, 0.4) is 0 Å². The van der Waals surface area contributed by atoms with E-state index < -0.39 is 0 Å². The lowest BCUT2D eigenvalue weighted by Crippen LogP contribution is -2.34. The molecule has 92 valence electrons. The average Bonchev–Trinajstić information content (AvgIpc) is 2.83. The molecule has 1 amide bonds. The molecule has 2 aliphatic rings. The monoisotopic (exact) mass is 228 g/mol. The molecule has 0 spiro atoms. The SMILES string of the molecule is COCCOCC(=O)N1C[C@H]2CNC[C@H]2C1. The fraction of sp³-hybridized carbons (Fsp3) is 0.909. The molecule has 0 saturated carbocycles. The van der Waals surface area contributed by atoms with Crippen LogP contribution < -0.4 is 5.32 Å². The maximum Gasteiger partial charge on any atom is 0.248 e. The smallest absolute Gasteiger partial charge is 0.248 e. The van der Waals surface area contributed by atoms with Crippen molar-refractivity contribution in [1.82, 2.24) is 10.2 Å². The number of methoxy groups -OCH3 is 1. The normalized spacial score (nSPS) is 28.4. The van der Waals surface area contributed by atoms with E-state index >= 15 is 0 Å². The Labute approximate surface area is 96.1 Å². The molecule has 5 heteroatoms. The molecule has 0 unspecified atom stereocenters. The van der Waals surface area contributed by atoms with Crippen LogP contribution in [-0.4, -0.2) is 63.9 Å². The van der Waals surface area contributed by atoms with Crippen molar-refractivity contribution in [2.45, 2.75) is 0 Å². The third-order valence-electron chi connectivity index (χ3n) is 3.40. The van der Waals surface area contributed by atoms with Gasteiger partial charge in [0.25, 0.3) is 0 Å². The van der Waals surface area contributed by atoms with E-state index in [0.717, 1.165) is 26.2 Å². The number of carbonyl (C=O) groups excluding carboxylic acids is 1. The molecule has 2 atom stereocenters. The summed E-state index contributed by atoms with van der Waals surface area (Å²) in [6.45, 7) is 5.12. The highest BCUT2D eigenvalue weighted by Crippen LogP contribution is 2.26. The van der Waals surface area contributed by atoms with Gasteiger partial charge in [0, 0.05) is 33.3 Å². The fourth-order valence-corrected chi connectivity index (χ4v) is 2.45. The van der Waals surface area contributed by atoms with E-state index in [1.54, 1.807) is 7.11 Å². The number of nitrogens with one attached hydrogen (secondary N) is 1. The van der Waals surface area contributed by atoms with E-state index in [9.17, 15) is 4.79 Å². The van der Waals surface area contributed by atoms with Crippen LogP contribution >= 0.6 is 0 Å². The lowest BCUT2D eigenvalue weighted by molar-refractivity contribution is -0.135. The van der Waals surface area contributed by atoms with Gasteiger partial charge >= 0.3 is 0 Å². The molecule has 1 N–H and O–H groups in total. The summed E-state index contributed by atoms with van der Waals surface area (Å²) >= 11 is 0. The molecule has 2 saturated heterocycles. The van der Waals surface area contributed by atoms with Gasteiger partial charge in [-0.25, -0.2) is 0 Å². The van der Waals surface area contributed by atoms with Crippen molar-refractivity contribution in [1.29, 1.82) is 0 Å². The Morgan fingerprint density at radius 3 is 2.62 bits per heavy atom. The molecular formula is C11H20N2O3. The zero-order valence-corrected chi connectivity index (χ0v) is 9.78. The van der Waals surface area contributed by atoms with Crippen molar-refractivity contribution in [3.63, 3.8) is 0 Å². The van der Waals surface area contributed by atoms with Crippen molar-refractivity contribution in [2.75, 3.05) is 53.1 Å². The number of ether oxygens (including phenoxy) is 2. The second kappa shape index (κ2) is 5.61. The Morgan fingerprint density at radius 1 is 1.31 bits per heavy atom. The molecule has 16 heavy (non-hydrogen) atoms. The molecule has 0 aromatic carbocycles. The first-order valence-corrected chi connectivity index (χ1v) is 5.86. The number of hydrogen-bond acceptors (Lipinski definition) is 4. The Balaban J connectivity index is 1.66. The largest absolute Gasteiger partial charge is 0.382 e. The van der Waals surface area contributed by atoms with Crippen LogP contribution in [0.5, 0.6) is 0 Å². The Kier molecular flexibility index (Phi) is 4.15. The first kappa shape index (κ1) is 11.8. The molecular weight excluding hydrogens is 208 g/mol. The van der Waals surface area contributed by atoms with Gasteiger partial charge in [-0.05, 0) is 11.8 Å². The summed E-state index contributed by atoms with van der Waals surface area (Å²) in [4.78, 5) is 13.7. The number of hydrogen-bond donors (Lipinski definition) is 1. The maximum absolute atomic E-state index is 11.8. The molecule has 0 radical (unpaired) electrons. The van der Waals surface area contributed by atoms with Crippen LogP contribution in [0.25, 0.3) is 0 Å². The van der Waals surface area contributed by atoms with Gasteiger partial charge in [0.05, 0.1) is 13.2 Å². The highest BCUT2D eigenvalue weighted by molar-refractivity contribution is 5.77. The van der Waals surface area contributed by atoms with Crippen molar-refractivity contribution in [2.24, 2.45) is 11.8 Å². The third-order valence-corrected chi connectivity index (χ3v) is 3.40. The van der Waals surface area contributed by atoms with E-state index in [-0.39, 0.29) is 12.5 Å². The van der Waals surface area contributed by atoms with E-state index in [0.29, 0.717) is 25.0 Å². The summed E-state index contributed by atoms with van der Waals surface area (Å²) < 4.78 is 10.1. The number of likely N-dealkylation sites (tertiary alicyclic amines) is 1. The van der Waals surface area contributed by atoms with Crippen LogP contribution in [0, 0.1) is 11.8 Å². The number of amides is 1. The summed E-state index contributed by atoms with van der Waals surface area (Å²) in [6.07, 6.45) is 0. The number of rotatable bonds is 5. The van der Waals surface area contributed by atoms with E-state index in [1.807, 2.05) is 4.90 Å². The lowest BCUT2D eigenvalue weighted by Gasteiger charge is -2.17. The lowest BCUT2D eigenvalue weighted by atomic mass is 10.0. The third kappa shape index (κ3) is 2.72. The fourth-order valence-electron chi connectivity index (χ4n) is 2.45. The molecule has 0 aliphatic carbocycles. The maximum atomic E-state index is 11.8. The van der Waals surface area contributed by atoms with Crippen molar-refractivity contribution < 1.29 is 14.3 Å². The Hall–Kier alpha value is -0.650. The average molecular weight is 228 g/mol. The molecule has 0 bridgehead atoms. The summed E-state index contributed by atoms with van der Waals surface area (Å²) in [5, 5.41) is 3.36. The second-order valence-corrected chi connectivity index (χ2v) is 4.52. The van der Waals surface area contributed by atoms with Gasteiger partial charge in [-0.1, -0.05) is 0 Å². The van der Waals surface area contributed by atoms with Gasteiger partial charge in [-0.3, -0.25) is 4.79 Å². The zero-order chi connectivity index (χ0) is 11.4. The zero-order valence-electron chi connectivity index (χ0n) is 9.78. The minimum absolute atomic E-state index is 0.116. The highest BCUT2D eigenvalue weighted by atomic mass is 16.5. The van der Waals surface area contributed by atoms with Crippen molar-refractivity contribution >= 4 is 5.91 Å². The predicted molar refractivity (Wildman–Crippen MR) is 59.1 cm³/mol. The number of carbonyl (C=O) groups is 1. The molecule has 0 aromatic rings. The van der Waals surface area contributed by atoms with Crippen LogP contribution in [0.1, 0.15) is 0 Å². The minimum Gasteiger partial charge on any atom is -0.382 e. The molecule has 2 rings (SSSR count). The van der Waals surface area contributed by atoms with Gasteiger partial charge in [0.15, 0.2) is 0 Å². The second-order valence-electron chi connectivity index (χ2n) is 4.52. The van der Waals surface area contributed by atoms with Gasteiger partial charge in [0.2, 0.25) is 5.91 Å². The van der Waals surface area contributed by atoms with Gasteiger partial charge < -0.3 is 19.7 Å². The number of fused-ring (bicyclic) bond motifs is 1. The topological polar surface area (TPSA) is 50.8 Å². The minimum atomic E-state index is 0.116. The molecule has 2 heterocycles. The summed E-state index contributed by atoms with van der Waals surface area (Å²) in [5.74, 6) is 1.43. The first-order valence-electron chi connectivity index (χ1n) is 5.86. The molecule has 2 aliphatic heterocycles. The Bertz CT molecular complexity index is 235. The quantitative estimate of drug-likeness (QED) is 0.634. The van der Waals surface area contributed by atoms with Crippen molar-refractivity contribution in [3.8, 4) is 0 Å². The van der Waals surface area contributed by atoms with Crippen LogP contribution in [0.4, 0.5) is 0 Å². The van der Waals surface area contributed by atoms with E-state index in [4.69, 9.17) is 9.47 Å². The highest BCUT2D eigenvalue weighted by Gasteiger charge is 2.37. The van der Waals surface area contributed by atoms with Gasteiger partial charge in [0.1, 0.15) is 6.61 Å². The van der Waals surface area contributed by atoms with Crippen molar-refractivity contribution in [3.05, 3.63) is 0 Å². The molecule has 5 nitrogen and oxygen atoms in total. The van der Waals surface area contributed by atoms with Crippen LogP contribution in [0.2, 0.25) is 0 Å². The predicted octanol–water partition coefficient (Wildman–Crippen LogP) is -0.673. The van der Waals surface area contributed by atoms with E-state index in [2.05, 4.69) is 5.32 Å². The summed E-state index contributed by atoms with van der Waals surface area (Å²) in [7, 11) is 1.62.